The van der Waals surface area contributed by atoms with Crippen LogP contribution >= 0.6 is 0 Å². The summed E-state index contributed by atoms with van der Waals surface area (Å²) in [5.74, 6) is 0.305. The van der Waals surface area contributed by atoms with Crippen LogP contribution in [0.1, 0.15) is 16.8 Å². The number of nitro benzene ring substituents is 1. The predicted molar refractivity (Wildman–Crippen MR) is 83.2 cm³/mol. The number of amides is 1. The zero-order valence-corrected chi connectivity index (χ0v) is 13.1. The molecule has 116 valence electrons. The number of hydrogen-bond acceptors (Lipinski definition) is 5. The van der Waals surface area contributed by atoms with Crippen molar-refractivity contribution in [3.05, 3.63) is 33.9 Å². The van der Waals surface area contributed by atoms with Gasteiger partial charge in [0.05, 0.1) is 4.92 Å². The van der Waals surface area contributed by atoms with E-state index < -0.39 is 15.7 Å². The Hall–Kier alpha value is -1.96. The van der Waals surface area contributed by atoms with Crippen molar-refractivity contribution in [2.75, 3.05) is 38.0 Å². The zero-order valence-electron chi connectivity index (χ0n) is 12.3. The quantitative estimate of drug-likeness (QED) is 0.467. The Morgan fingerprint density at radius 3 is 2.62 bits per heavy atom. The Morgan fingerprint density at radius 1 is 1.43 bits per heavy atom. The third kappa shape index (κ3) is 5.14. The zero-order chi connectivity index (χ0) is 16.0. The summed E-state index contributed by atoms with van der Waals surface area (Å²) in [7, 11) is 2.35. The third-order valence-electron chi connectivity index (χ3n) is 2.77. The van der Waals surface area contributed by atoms with Gasteiger partial charge in [-0.05, 0) is 18.6 Å². The maximum absolute atomic E-state index is 11.9. The van der Waals surface area contributed by atoms with Crippen LogP contribution in [0.15, 0.2) is 18.2 Å². The topological polar surface area (TPSA) is 92.6 Å². The molecule has 0 saturated heterocycles. The second-order valence-electron chi connectivity index (χ2n) is 4.75. The monoisotopic (exact) mass is 313 g/mol. The summed E-state index contributed by atoms with van der Waals surface area (Å²) in [6.07, 6.45) is 2.24. The van der Waals surface area contributed by atoms with E-state index in [9.17, 15) is 19.1 Å². The summed E-state index contributed by atoms with van der Waals surface area (Å²) >= 11 is 0. The maximum Gasteiger partial charge on any atom is 0.292 e. The Labute approximate surface area is 125 Å². The number of nitrogens with zero attached hydrogens (tertiary/aromatic N) is 2. The first kappa shape index (κ1) is 17.1. The van der Waals surface area contributed by atoms with E-state index in [0.29, 0.717) is 30.0 Å². The van der Waals surface area contributed by atoms with Gasteiger partial charge in [0.1, 0.15) is 5.69 Å². The van der Waals surface area contributed by atoms with Crippen LogP contribution in [0.5, 0.6) is 0 Å². The van der Waals surface area contributed by atoms with Crippen LogP contribution in [0.3, 0.4) is 0 Å². The Balaban J connectivity index is 2.91. The number of nitro groups is 1. The van der Waals surface area contributed by atoms with Crippen LogP contribution in [0.2, 0.25) is 0 Å². The first-order valence-corrected chi connectivity index (χ1v) is 8.09. The number of carbonyl (C=O) groups excluding carboxylic acids is 1. The van der Waals surface area contributed by atoms with Gasteiger partial charge in [0.25, 0.3) is 11.6 Å². The number of nitrogens with one attached hydrogen (secondary N) is 1. The maximum atomic E-state index is 11.9. The fraction of sp³-hybridized carbons (Fsp3) is 0.462. The molecule has 0 bridgehead atoms. The fourth-order valence-electron chi connectivity index (χ4n) is 1.73. The molecular formula is C13H19N3O4S. The second kappa shape index (κ2) is 7.72. The van der Waals surface area contributed by atoms with Gasteiger partial charge >= 0.3 is 0 Å². The van der Waals surface area contributed by atoms with Gasteiger partial charge in [-0.15, -0.1) is 0 Å². The van der Waals surface area contributed by atoms with E-state index in [-0.39, 0.29) is 11.6 Å². The minimum Gasteiger partial charge on any atom is -0.379 e. The van der Waals surface area contributed by atoms with Crippen LogP contribution < -0.4 is 5.32 Å². The van der Waals surface area contributed by atoms with Gasteiger partial charge in [-0.1, -0.05) is 0 Å². The van der Waals surface area contributed by atoms with Gasteiger partial charge in [-0.3, -0.25) is 19.1 Å². The SMILES string of the molecule is CN(C)C(=O)c1ccc([N+](=O)[O-])c(NCCCS(C)=O)c1. The highest BCUT2D eigenvalue weighted by molar-refractivity contribution is 7.84. The Bertz CT molecular complexity index is 560. The molecule has 1 unspecified atom stereocenters. The summed E-state index contributed by atoms with van der Waals surface area (Å²) in [5, 5.41) is 13.9. The fourth-order valence-corrected chi connectivity index (χ4v) is 2.28. The van der Waals surface area contributed by atoms with Crippen molar-refractivity contribution in [2.45, 2.75) is 6.42 Å². The van der Waals surface area contributed by atoms with E-state index in [1.807, 2.05) is 0 Å². The van der Waals surface area contributed by atoms with E-state index >= 15 is 0 Å². The Kier molecular flexibility index (Phi) is 6.29. The van der Waals surface area contributed by atoms with Crippen molar-refractivity contribution < 1.29 is 13.9 Å². The van der Waals surface area contributed by atoms with Crippen molar-refractivity contribution in [3.8, 4) is 0 Å². The highest BCUT2D eigenvalue weighted by atomic mass is 32.2. The minimum atomic E-state index is -0.890. The molecule has 1 N–H and O–H groups in total. The summed E-state index contributed by atoms with van der Waals surface area (Å²) in [6.45, 7) is 0.458. The minimum absolute atomic E-state index is 0.0806. The molecular weight excluding hydrogens is 294 g/mol. The largest absolute Gasteiger partial charge is 0.379 e. The average Bonchev–Trinajstić information content (AvgIpc) is 2.42. The number of hydrogen-bond donors (Lipinski definition) is 1. The van der Waals surface area contributed by atoms with E-state index in [1.54, 1.807) is 20.4 Å². The molecule has 8 heteroatoms. The van der Waals surface area contributed by atoms with Gasteiger partial charge < -0.3 is 10.2 Å². The molecule has 0 aromatic heterocycles. The van der Waals surface area contributed by atoms with Gasteiger partial charge in [0, 0.05) is 55.1 Å². The van der Waals surface area contributed by atoms with E-state index in [2.05, 4.69) is 5.32 Å². The molecule has 1 rings (SSSR count). The number of rotatable bonds is 7. The molecule has 0 spiro atoms. The third-order valence-corrected chi connectivity index (χ3v) is 3.63. The van der Waals surface area contributed by atoms with Gasteiger partial charge in [-0.25, -0.2) is 0 Å². The summed E-state index contributed by atoms with van der Waals surface area (Å²) in [6, 6.07) is 4.23. The van der Waals surface area contributed by atoms with Crippen molar-refractivity contribution in [3.63, 3.8) is 0 Å². The average molecular weight is 313 g/mol. The first-order valence-electron chi connectivity index (χ1n) is 6.37. The molecule has 0 radical (unpaired) electrons. The summed E-state index contributed by atoms with van der Waals surface area (Å²) in [5.41, 5.74) is 0.602. The molecule has 1 aromatic carbocycles. The van der Waals surface area contributed by atoms with Crippen LogP contribution in [0, 0.1) is 10.1 Å². The van der Waals surface area contributed by atoms with Crippen molar-refractivity contribution in [1.29, 1.82) is 0 Å². The van der Waals surface area contributed by atoms with E-state index in [4.69, 9.17) is 0 Å². The van der Waals surface area contributed by atoms with Crippen LogP contribution in [0.4, 0.5) is 11.4 Å². The van der Waals surface area contributed by atoms with Crippen LogP contribution in [-0.2, 0) is 10.8 Å². The molecule has 0 aliphatic rings. The predicted octanol–water partition coefficient (Wildman–Crippen LogP) is 1.48. The second-order valence-corrected chi connectivity index (χ2v) is 6.30. The molecule has 0 fully saturated rings. The Morgan fingerprint density at radius 2 is 2.10 bits per heavy atom. The highest BCUT2D eigenvalue weighted by Crippen LogP contribution is 2.25. The molecule has 0 saturated carbocycles. The molecule has 0 aliphatic heterocycles. The number of anilines is 1. The van der Waals surface area contributed by atoms with E-state index in [1.165, 1.54) is 23.1 Å². The number of carbonyl (C=O) groups is 1. The van der Waals surface area contributed by atoms with Crippen molar-refractivity contribution in [2.24, 2.45) is 0 Å². The first-order chi connectivity index (χ1) is 9.82. The molecule has 1 aromatic rings. The summed E-state index contributed by atoms with van der Waals surface area (Å²) in [4.78, 5) is 23.8. The lowest BCUT2D eigenvalue weighted by molar-refractivity contribution is -0.384. The normalized spacial score (nSPS) is 11.8. The molecule has 0 heterocycles. The lowest BCUT2D eigenvalue weighted by Crippen LogP contribution is -2.21. The number of benzene rings is 1. The van der Waals surface area contributed by atoms with Gasteiger partial charge in [0.15, 0.2) is 0 Å². The molecule has 21 heavy (non-hydrogen) atoms. The van der Waals surface area contributed by atoms with Crippen LogP contribution in [0.25, 0.3) is 0 Å². The molecule has 1 amide bonds. The summed E-state index contributed by atoms with van der Waals surface area (Å²) < 4.78 is 11.0. The standard InChI is InChI=1S/C13H19N3O4S/c1-15(2)13(17)10-5-6-12(16(18)19)11(9-10)14-7-4-8-21(3)20/h5-6,9,14H,4,7-8H2,1-3H3. The van der Waals surface area contributed by atoms with Gasteiger partial charge in [-0.2, -0.15) is 0 Å². The highest BCUT2D eigenvalue weighted by Gasteiger charge is 2.17. The smallest absolute Gasteiger partial charge is 0.292 e. The van der Waals surface area contributed by atoms with Crippen molar-refractivity contribution in [1.82, 2.24) is 4.90 Å². The van der Waals surface area contributed by atoms with Crippen LogP contribution in [-0.4, -0.2) is 52.6 Å². The molecule has 0 aliphatic carbocycles. The lowest BCUT2D eigenvalue weighted by Gasteiger charge is -2.12. The molecule has 1 atom stereocenters. The lowest BCUT2D eigenvalue weighted by atomic mass is 10.1. The van der Waals surface area contributed by atoms with Gasteiger partial charge in [0.2, 0.25) is 0 Å². The molecule has 7 nitrogen and oxygen atoms in total. The van der Waals surface area contributed by atoms with Crippen molar-refractivity contribution >= 4 is 28.1 Å². The van der Waals surface area contributed by atoms with E-state index in [0.717, 1.165) is 0 Å².